The average molecular weight is 579 g/mol. The number of nitrogens with one attached hydrogen (secondary N) is 2. The Hall–Kier alpha value is -3.38. The summed E-state index contributed by atoms with van der Waals surface area (Å²) in [5, 5.41) is 2.68. The maximum atomic E-state index is 12.7. The van der Waals surface area contributed by atoms with Gasteiger partial charge in [0, 0.05) is 11.8 Å². The number of carbonyl (C=O) groups is 1. The second-order valence-electron chi connectivity index (χ2n) is 7.75. The Morgan fingerprint density at radius 2 is 1.78 bits per heavy atom. The van der Waals surface area contributed by atoms with Crippen LogP contribution >= 0.6 is 15.9 Å². The van der Waals surface area contributed by atoms with Gasteiger partial charge in [-0.05, 0) is 70.2 Å². The van der Waals surface area contributed by atoms with Gasteiger partial charge in [0.15, 0.2) is 12.4 Å². The normalized spacial score (nSPS) is 11.9. The van der Waals surface area contributed by atoms with E-state index in [4.69, 9.17) is 14.2 Å². The molecule has 0 saturated carbocycles. The summed E-state index contributed by atoms with van der Waals surface area (Å²) in [6, 6.07) is 12.7. The Kier molecular flexibility index (Phi) is 9.10. The first-order valence-electron chi connectivity index (χ1n) is 11.0. The van der Waals surface area contributed by atoms with E-state index in [0.29, 0.717) is 17.4 Å². The number of sulfonamides is 1. The fourth-order valence-corrected chi connectivity index (χ4v) is 4.59. The quantitative estimate of drug-likeness (QED) is 0.338. The molecule has 3 aromatic rings. The maximum absolute atomic E-state index is 12.7. The van der Waals surface area contributed by atoms with Gasteiger partial charge in [-0.1, -0.05) is 19.9 Å². The highest BCUT2D eigenvalue weighted by atomic mass is 79.9. The molecule has 0 aliphatic carbocycles. The number of benzene rings is 2. The molecule has 1 aromatic heterocycles. The van der Waals surface area contributed by atoms with Crippen molar-refractivity contribution in [3.05, 3.63) is 58.6 Å². The molecule has 2 aromatic carbocycles. The molecule has 1 unspecified atom stereocenters. The number of ether oxygens (including phenoxy) is 3. The molecule has 0 aliphatic rings. The Morgan fingerprint density at radius 3 is 2.39 bits per heavy atom. The van der Waals surface area contributed by atoms with Crippen molar-refractivity contribution in [3.8, 4) is 17.6 Å². The standard InChI is InChI=1S/C24H27BrN4O6S/c1-5-15(2)16-6-11-20(19(25)12-16)35-14-22(30)26-17-7-9-18(10-8-17)36(31,32)29-21-13-23(33-3)28-24(27-21)34-4/h6-13,15H,5,14H2,1-4H3,(H,26,30)(H,27,28,29). The molecule has 1 atom stereocenters. The highest BCUT2D eigenvalue weighted by Gasteiger charge is 2.17. The van der Waals surface area contributed by atoms with E-state index in [-0.39, 0.29) is 35.1 Å². The summed E-state index contributed by atoms with van der Waals surface area (Å²) in [7, 11) is -1.22. The van der Waals surface area contributed by atoms with Crippen LogP contribution in [0.1, 0.15) is 31.7 Å². The minimum Gasteiger partial charge on any atom is -0.483 e. The second-order valence-corrected chi connectivity index (χ2v) is 10.3. The Labute approximate surface area is 218 Å². The first kappa shape index (κ1) is 27.2. The van der Waals surface area contributed by atoms with Crippen molar-refractivity contribution < 1.29 is 27.4 Å². The lowest BCUT2D eigenvalue weighted by Crippen LogP contribution is -2.20. The first-order valence-corrected chi connectivity index (χ1v) is 13.2. The molecule has 0 bridgehead atoms. The molecule has 1 amide bonds. The summed E-state index contributed by atoms with van der Waals surface area (Å²) in [6.45, 7) is 4.06. The molecular formula is C24H27BrN4O6S. The molecule has 2 N–H and O–H groups in total. The van der Waals surface area contributed by atoms with Crippen LogP contribution in [0.25, 0.3) is 0 Å². The number of anilines is 2. The molecule has 10 nitrogen and oxygen atoms in total. The van der Waals surface area contributed by atoms with Crippen molar-refractivity contribution in [3.63, 3.8) is 0 Å². The van der Waals surface area contributed by atoms with Crippen LogP contribution < -0.4 is 24.2 Å². The van der Waals surface area contributed by atoms with Gasteiger partial charge >= 0.3 is 6.01 Å². The third-order valence-electron chi connectivity index (χ3n) is 5.26. The van der Waals surface area contributed by atoms with E-state index in [2.05, 4.69) is 49.8 Å². The van der Waals surface area contributed by atoms with E-state index < -0.39 is 10.0 Å². The minimum atomic E-state index is -3.97. The number of methoxy groups -OCH3 is 2. The van der Waals surface area contributed by atoms with E-state index in [9.17, 15) is 13.2 Å². The van der Waals surface area contributed by atoms with Gasteiger partial charge in [0.05, 0.1) is 23.6 Å². The average Bonchev–Trinajstić information content (AvgIpc) is 2.87. The summed E-state index contributed by atoms with van der Waals surface area (Å²) in [5.41, 5.74) is 1.60. The van der Waals surface area contributed by atoms with Crippen molar-refractivity contribution in [2.75, 3.05) is 30.9 Å². The predicted molar refractivity (Wildman–Crippen MR) is 139 cm³/mol. The van der Waals surface area contributed by atoms with Crippen LogP contribution in [-0.2, 0) is 14.8 Å². The van der Waals surface area contributed by atoms with E-state index in [1.165, 1.54) is 50.1 Å². The van der Waals surface area contributed by atoms with Gasteiger partial charge < -0.3 is 19.5 Å². The monoisotopic (exact) mass is 578 g/mol. The molecular weight excluding hydrogens is 552 g/mol. The lowest BCUT2D eigenvalue weighted by atomic mass is 9.99. The fourth-order valence-electron chi connectivity index (χ4n) is 3.08. The maximum Gasteiger partial charge on any atom is 0.321 e. The predicted octanol–water partition coefficient (Wildman–Crippen LogP) is 4.59. The van der Waals surface area contributed by atoms with Crippen molar-refractivity contribution >= 4 is 43.4 Å². The smallest absolute Gasteiger partial charge is 0.321 e. The summed E-state index contributed by atoms with van der Waals surface area (Å²) < 4.78 is 44.2. The molecule has 0 aliphatic heterocycles. The number of hydrogen-bond donors (Lipinski definition) is 2. The lowest BCUT2D eigenvalue weighted by Gasteiger charge is -2.13. The number of aromatic nitrogens is 2. The van der Waals surface area contributed by atoms with E-state index >= 15 is 0 Å². The highest BCUT2D eigenvalue weighted by molar-refractivity contribution is 9.10. The number of amides is 1. The van der Waals surface area contributed by atoms with Crippen molar-refractivity contribution in [1.82, 2.24) is 9.97 Å². The molecule has 0 radical (unpaired) electrons. The number of carbonyl (C=O) groups excluding carboxylic acids is 1. The highest BCUT2D eigenvalue weighted by Crippen LogP contribution is 2.30. The van der Waals surface area contributed by atoms with Crippen LogP contribution in [0.2, 0.25) is 0 Å². The summed E-state index contributed by atoms with van der Waals surface area (Å²) in [4.78, 5) is 20.2. The molecule has 192 valence electrons. The molecule has 3 rings (SSSR count). The Morgan fingerprint density at radius 1 is 1.06 bits per heavy atom. The minimum absolute atomic E-state index is 0.0171. The van der Waals surface area contributed by atoms with Crippen LogP contribution in [0.4, 0.5) is 11.5 Å². The number of hydrogen-bond acceptors (Lipinski definition) is 8. The van der Waals surface area contributed by atoms with Gasteiger partial charge in [0.1, 0.15) is 5.75 Å². The van der Waals surface area contributed by atoms with Crippen LogP contribution in [0.5, 0.6) is 17.6 Å². The van der Waals surface area contributed by atoms with E-state index in [1.54, 1.807) is 0 Å². The van der Waals surface area contributed by atoms with Crippen molar-refractivity contribution in [2.24, 2.45) is 0 Å². The second kappa shape index (κ2) is 12.0. The van der Waals surface area contributed by atoms with Gasteiger partial charge in [0.25, 0.3) is 15.9 Å². The molecule has 1 heterocycles. The molecule has 0 spiro atoms. The molecule has 12 heteroatoms. The van der Waals surface area contributed by atoms with Crippen LogP contribution in [0, 0.1) is 0 Å². The van der Waals surface area contributed by atoms with Gasteiger partial charge in [-0.2, -0.15) is 9.97 Å². The third-order valence-corrected chi connectivity index (χ3v) is 7.25. The number of nitrogens with zero attached hydrogens (tertiary/aromatic N) is 2. The number of rotatable bonds is 11. The SMILES string of the molecule is CCC(C)c1ccc(OCC(=O)Nc2ccc(S(=O)(=O)Nc3cc(OC)nc(OC)n3)cc2)c(Br)c1. The van der Waals surface area contributed by atoms with Crippen LogP contribution in [0.15, 0.2) is 57.9 Å². The first-order chi connectivity index (χ1) is 17.1. The zero-order valence-electron chi connectivity index (χ0n) is 20.2. The number of halogens is 1. The molecule has 0 fully saturated rings. The van der Waals surface area contributed by atoms with Gasteiger partial charge in [0.2, 0.25) is 5.88 Å². The summed E-state index contributed by atoms with van der Waals surface area (Å²) >= 11 is 3.49. The summed E-state index contributed by atoms with van der Waals surface area (Å²) in [6.07, 6.45) is 1.02. The lowest BCUT2D eigenvalue weighted by molar-refractivity contribution is -0.118. The van der Waals surface area contributed by atoms with Gasteiger partial charge in [-0.25, -0.2) is 8.42 Å². The van der Waals surface area contributed by atoms with E-state index in [0.717, 1.165) is 10.9 Å². The van der Waals surface area contributed by atoms with Gasteiger partial charge in [-0.15, -0.1) is 0 Å². The third kappa shape index (κ3) is 7.08. The topological polar surface area (TPSA) is 129 Å². The fraction of sp³-hybridized carbons (Fsp3) is 0.292. The Bertz CT molecular complexity index is 1300. The Balaban J connectivity index is 1.61. The van der Waals surface area contributed by atoms with Crippen molar-refractivity contribution in [2.45, 2.75) is 31.1 Å². The van der Waals surface area contributed by atoms with Crippen molar-refractivity contribution in [1.29, 1.82) is 0 Å². The largest absolute Gasteiger partial charge is 0.483 e. The molecule has 0 saturated heterocycles. The zero-order chi connectivity index (χ0) is 26.3. The van der Waals surface area contributed by atoms with Crippen LogP contribution in [0.3, 0.4) is 0 Å². The van der Waals surface area contributed by atoms with E-state index in [1.807, 2.05) is 18.2 Å². The zero-order valence-corrected chi connectivity index (χ0v) is 22.6. The summed E-state index contributed by atoms with van der Waals surface area (Å²) in [5.74, 6) is 0.715. The van der Waals surface area contributed by atoms with Gasteiger partial charge in [-0.3, -0.25) is 9.52 Å². The molecule has 36 heavy (non-hydrogen) atoms. The van der Waals surface area contributed by atoms with Crippen LogP contribution in [-0.4, -0.2) is 45.1 Å².